The van der Waals surface area contributed by atoms with E-state index in [-0.39, 0.29) is 41.3 Å². The maximum Gasteiger partial charge on any atom is 0.302 e. The van der Waals surface area contributed by atoms with E-state index in [1.807, 2.05) is 0 Å². The molecule has 7 nitrogen and oxygen atoms in total. The van der Waals surface area contributed by atoms with Gasteiger partial charge in [0.05, 0.1) is 6.04 Å². The zero-order valence-corrected chi connectivity index (χ0v) is 18.0. The Kier molecular flexibility index (Phi) is 7.79. The lowest BCUT2D eigenvalue weighted by Gasteiger charge is -2.18. The van der Waals surface area contributed by atoms with Gasteiger partial charge in [0.1, 0.15) is 11.4 Å². The third-order valence-electron chi connectivity index (χ3n) is 4.43. The van der Waals surface area contributed by atoms with E-state index in [9.17, 15) is 18.4 Å². The second-order valence-corrected chi connectivity index (χ2v) is 7.16. The maximum absolute atomic E-state index is 13.6. The first kappa shape index (κ1) is 23.9. The number of carbonyl (C=O) groups excluding carboxylic acids is 2. The minimum absolute atomic E-state index is 0.0673. The highest BCUT2D eigenvalue weighted by Crippen LogP contribution is 2.25. The van der Waals surface area contributed by atoms with Gasteiger partial charge in [-0.2, -0.15) is 8.78 Å². The predicted molar refractivity (Wildman–Crippen MR) is 113 cm³/mol. The van der Waals surface area contributed by atoms with Crippen LogP contribution in [-0.4, -0.2) is 34.3 Å². The number of aromatic nitrogens is 2. The van der Waals surface area contributed by atoms with Crippen LogP contribution in [0.25, 0.3) is 0 Å². The Bertz CT molecular complexity index is 962. The van der Waals surface area contributed by atoms with Crippen LogP contribution >= 0.6 is 0 Å². The number of nitrogens with one attached hydrogen (secondary N) is 2. The highest BCUT2D eigenvalue weighted by atomic mass is 19.3. The van der Waals surface area contributed by atoms with Crippen molar-refractivity contribution in [1.29, 1.82) is 0 Å². The number of anilines is 1. The van der Waals surface area contributed by atoms with Gasteiger partial charge in [-0.15, -0.1) is 0 Å². The molecule has 1 aromatic carbocycles. The lowest BCUT2D eigenvalue weighted by atomic mass is 10.1. The summed E-state index contributed by atoms with van der Waals surface area (Å²) >= 11 is 0. The second kappa shape index (κ2) is 10.1. The van der Waals surface area contributed by atoms with Gasteiger partial charge in [-0.3, -0.25) is 14.9 Å². The van der Waals surface area contributed by atoms with Gasteiger partial charge in [0, 0.05) is 12.1 Å². The molecule has 2 N–H and O–H groups in total. The molecule has 0 bridgehead atoms. The number of hydrogen-bond donors (Lipinski definition) is 2. The normalized spacial score (nSPS) is 12.1. The SMILES string of the molecule is C=C(C)C(F)(F)COc1ccc(C(C)NC(=O)c2cc(C)nc(NC(=O)CC)n2)cc1. The van der Waals surface area contributed by atoms with Crippen LogP contribution in [0.1, 0.15) is 55.0 Å². The number of hydrogen-bond acceptors (Lipinski definition) is 5. The first-order chi connectivity index (χ1) is 14.5. The smallest absolute Gasteiger partial charge is 0.302 e. The highest BCUT2D eigenvalue weighted by Gasteiger charge is 2.31. The van der Waals surface area contributed by atoms with Gasteiger partial charge >= 0.3 is 5.92 Å². The molecule has 0 saturated heterocycles. The van der Waals surface area contributed by atoms with Gasteiger partial charge in [0.25, 0.3) is 5.91 Å². The van der Waals surface area contributed by atoms with Gasteiger partial charge in [0.2, 0.25) is 11.9 Å². The lowest BCUT2D eigenvalue weighted by molar-refractivity contribution is -0.115. The van der Waals surface area contributed by atoms with Crippen molar-refractivity contribution in [2.75, 3.05) is 11.9 Å². The molecule has 0 fully saturated rings. The average Bonchev–Trinajstić information content (AvgIpc) is 2.71. The van der Waals surface area contributed by atoms with Crippen LogP contribution in [0.3, 0.4) is 0 Å². The van der Waals surface area contributed by atoms with Crippen LogP contribution < -0.4 is 15.4 Å². The number of alkyl halides is 2. The largest absolute Gasteiger partial charge is 0.487 e. The number of benzene rings is 1. The fraction of sp³-hybridized carbons (Fsp3) is 0.364. The fourth-order valence-electron chi connectivity index (χ4n) is 2.46. The van der Waals surface area contributed by atoms with Crippen molar-refractivity contribution in [2.45, 2.75) is 46.1 Å². The number of nitrogens with zero attached hydrogens (tertiary/aromatic N) is 2. The van der Waals surface area contributed by atoms with E-state index in [2.05, 4.69) is 27.2 Å². The standard InChI is InChI=1S/C22H26F2N4O3/c1-6-19(29)28-21-25-14(4)11-18(27-21)20(30)26-15(5)16-7-9-17(10-8-16)31-12-22(23,24)13(2)3/h7-11,15H,2,6,12H2,1,3-5H3,(H,26,30)(H,25,27,28,29). The highest BCUT2D eigenvalue weighted by molar-refractivity contribution is 5.94. The molecule has 2 amide bonds. The first-order valence-corrected chi connectivity index (χ1v) is 9.74. The molecule has 0 aliphatic rings. The summed E-state index contributed by atoms with van der Waals surface area (Å²) in [6.45, 7) is 8.88. The summed E-state index contributed by atoms with van der Waals surface area (Å²) in [6, 6.07) is 7.60. The molecule has 0 saturated carbocycles. The van der Waals surface area contributed by atoms with E-state index < -0.39 is 18.4 Å². The Labute approximate surface area is 179 Å². The molecule has 2 aromatic rings. The predicted octanol–water partition coefficient (Wildman–Crippen LogP) is 4.21. The molecule has 0 spiro atoms. The summed E-state index contributed by atoms with van der Waals surface area (Å²) in [7, 11) is 0. The Morgan fingerprint density at radius 2 is 1.87 bits per heavy atom. The third kappa shape index (κ3) is 6.84. The van der Waals surface area contributed by atoms with Crippen molar-refractivity contribution in [2.24, 2.45) is 0 Å². The molecular weight excluding hydrogens is 406 g/mol. The van der Waals surface area contributed by atoms with Crippen molar-refractivity contribution < 1.29 is 23.1 Å². The number of amides is 2. The molecule has 1 unspecified atom stereocenters. The summed E-state index contributed by atoms with van der Waals surface area (Å²) in [6.07, 6.45) is 0.264. The number of aryl methyl sites for hydroxylation is 1. The van der Waals surface area contributed by atoms with Crippen LogP contribution in [0.4, 0.5) is 14.7 Å². The van der Waals surface area contributed by atoms with Crippen LogP contribution in [0.2, 0.25) is 0 Å². The van der Waals surface area contributed by atoms with Crippen molar-refractivity contribution in [3.8, 4) is 5.75 Å². The van der Waals surface area contributed by atoms with Crippen LogP contribution in [0.15, 0.2) is 42.5 Å². The molecule has 1 atom stereocenters. The minimum Gasteiger partial charge on any atom is -0.487 e. The quantitative estimate of drug-likeness (QED) is 0.579. The summed E-state index contributed by atoms with van der Waals surface area (Å²) in [4.78, 5) is 32.3. The molecule has 0 aliphatic heterocycles. The van der Waals surface area contributed by atoms with Crippen molar-refractivity contribution in [1.82, 2.24) is 15.3 Å². The molecule has 9 heteroatoms. The molecule has 0 radical (unpaired) electrons. The van der Waals surface area contributed by atoms with Crippen LogP contribution in [0, 0.1) is 6.92 Å². The van der Waals surface area contributed by atoms with E-state index in [4.69, 9.17) is 4.74 Å². The molecule has 1 aromatic heterocycles. The monoisotopic (exact) mass is 432 g/mol. The number of ether oxygens (including phenoxy) is 1. The van der Waals surface area contributed by atoms with E-state index in [0.717, 1.165) is 5.56 Å². The van der Waals surface area contributed by atoms with Gasteiger partial charge in [-0.25, -0.2) is 9.97 Å². The number of halogens is 2. The third-order valence-corrected chi connectivity index (χ3v) is 4.43. The zero-order valence-electron chi connectivity index (χ0n) is 18.0. The van der Waals surface area contributed by atoms with E-state index in [1.165, 1.54) is 13.0 Å². The van der Waals surface area contributed by atoms with Gasteiger partial charge in [-0.1, -0.05) is 25.6 Å². The van der Waals surface area contributed by atoms with Crippen molar-refractivity contribution >= 4 is 17.8 Å². The summed E-state index contributed by atoms with van der Waals surface area (Å²) in [5, 5.41) is 5.34. The Morgan fingerprint density at radius 1 is 1.23 bits per heavy atom. The lowest BCUT2D eigenvalue weighted by Crippen LogP contribution is -2.28. The molecular formula is C22H26F2N4O3. The van der Waals surface area contributed by atoms with Gasteiger partial charge < -0.3 is 10.1 Å². The summed E-state index contributed by atoms with van der Waals surface area (Å²) < 4.78 is 32.3. The zero-order chi connectivity index (χ0) is 23.2. The Hall–Kier alpha value is -3.36. The molecule has 0 aliphatic carbocycles. The fourth-order valence-corrected chi connectivity index (χ4v) is 2.46. The van der Waals surface area contributed by atoms with E-state index in [0.29, 0.717) is 5.69 Å². The molecule has 166 valence electrons. The molecule has 2 rings (SSSR count). The minimum atomic E-state index is -3.11. The topological polar surface area (TPSA) is 93.2 Å². The van der Waals surface area contributed by atoms with Crippen molar-refractivity contribution in [3.05, 3.63) is 59.4 Å². The second-order valence-electron chi connectivity index (χ2n) is 7.16. The Morgan fingerprint density at radius 3 is 2.45 bits per heavy atom. The number of carbonyl (C=O) groups is 2. The van der Waals surface area contributed by atoms with E-state index in [1.54, 1.807) is 45.0 Å². The summed E-state index contributed by atoms with van der Waals surface area (Å²) in [5.41, 5.74) is 1.13. The van der Waals surface area contributed by atoms with Crippen LogP contribution in [0.5, 0.6) is 5.75 Å². The summed E-state index contributed by atoms with van der Waals surface area (Å²) in [5.74, 6) is -3.45. The van der Waals surface area contributed by atoms with Crippen molar-refractivity contribution in [3.63, 3.8) is 0 Å². The van der Waals surface area contributed by atoms with Gasteiger partial charge in [-0.05, 0) is 50.1 Å². The molecule has 1 heterocycles. The van der Waals surface area contributed by atoms with E-state index >= 15 is 0 Å². The number of rotatable bonds is 9. The molecule has 31 heavy (non-hydrogen) atoms. The Balaban J connectivity index is 2.03. The maximum atomic E-state index is 13.6. The average molecular weight is 432 g/mol. The van der Waals surface area contributed by atoms with Crippen LogP contribution in [-0.2, 0) is 4.79 Å². The van der Waals surface area contributed by atoms with Gasteiger partial charge in [0.15, 0.2) is 6.61 Å². The first-order valence-electron chi connectivity index (χ1n) is 9.74.